The Bertz CT molecular complexity index is 329. The molecule has 0 spiro atoms. The molecule has 0 bridgehead atoms. The Morgan fingerprint density at radius 1 is 1.11 bits per heavy atom. The standard InChI is InChI=1S/C16H26OS/c1-5-16(3,4)14-8-10-15(11-9-14)17-12-7-13-18-6-2/h8-11H,5-7,12-13H2,1-4H3. The second-order valence-corrected chi connectivity index (χ2v) is 6.55. The number of rotatable bonds is 8. The Morgan fingerprint density at radius 2 is 1.78 bits per heavy atom. The molecular formula is C16H26OS. The average molecular weight is 266 g/mol. The van der Waals surface area contributed by atoms with Crippen LogP contribution < -0.4 is 4.74 Å². The van der Waals surface area contributed by atoms with Crippen molar-refractivity contribution < 1.29 is 4.74 Å². The normalized spacial score (nSPS) is 11.6. The minimum absolute atomic E-state index is 0.260. The predicted molar refractivity (Wildman–Crippen MR) is 82.9 cm³/mol. The highest BCUT2D eigenvalue weighted by Gasteiger charge is 2.17. The first-order valence-electron chi connectivity index (χ1n) is 6.91. The van der Waals surface area contributed by atoms with Crippen LogP contribution in [0.3, 0.4) is 0 Å². The lowest BCUT2D eigenvalue weighted by Crippen LogP contribution is -2.15. The van der Waals surface area contributed by atoms with Crippen LogP contribution in [-0.2, 0) is 5.41 Å². The van der Waals surface area contributed by atoms with Crippen molar-refractivity contribution in [3.8, 4) is 5.75 Å². The van der Waals surface area contributed by atoms with Gasteiger partial charge in [-0.05, 0) is 47.5 Å². The van der Waals surface area contributed by atoms with Crippen LogP contribution in [0.2, 0.25) is 0 Å². The van der Waals surface area contributed by atoms with Crippen LogP contribution in [0.5, 0.6) is 5.75 Å². The molecule has 0 heterocycles. The van der Waals surface area contributed by atoms with Gasteiger partial charge in [0.15, 0.2) is 0 Å². The van der Waals surface area contributed by atoms with Gasteiger partial charge in [0.1, 0.15) is 5.75 Å². The topological polar surface area (TPSA) is 9.23 Å². The van der Waals surface area contributed by atoms with E-state index in [-0.39, 0.29) is 5.41 Å². The summed E-state index contributed by atoms with van der Waals surface area (Å²) in [5, 5.41) is 0. The number of ether oxygens (including phenoxy) is 1. The lowest BCUT2D eigenvalue weighted by molar-refractivity contribution is 0.318. The summed E-state index contributed by atoms with van der Waals surface area (Å²) in [5.41, 5.74) is 1.65. The number of benzene rings is 1. The van der Waals surface area contributed by atoms with E-state index in [9.17, 15) is 0 Å². The first-order chi connectivity index (χ1) is 8.60. The average Bonchev–Trinajstić information content (AvgIpc) is 2.39. The summed E-state index contributed by atoms with van der Waals surface area (Å²) in [4.78, 5) is 0. The van der Waals surface area contributed by atoms with Gasteiger partial charge >= 0.3 is 0 Å². The third-order valence-electron chi connectivity index (χ3n) is 3.43. The zero-order chi connectivity index (χ0) is 13.4. The van der Waals surface area contributed by atoms with Crippen molar-refractivity contribution in [2.24, 2.45) is 0 Å². The largest absolute Gasteiger partial charge is 0.494 e. The first kappa shape index (κ1) is 15.4. The van der Waals surface area contributed by atoms with Crippen molar-refractivity contribution in [3.63, 3.8) is 0 Å². The molecule has 1 aromatic rings. The molecule has 0 aliphatic carbocycles. The molecule has 18 heavy (non-hydrogen) atoms. The van der Waals surface area contributed by atoms with Crippen molar-refractivity contribution >= 4 is 11.8 Å². The van der Waals surface area contributed by atoms with Gasteiger partial charge in [-0.3, -0.25) is 0 Å². The monoisotopic (exact) mass is 266 g/mol. The first-order valence-corrected chi connectivity index (χ1v) is 8.06. The zero-order valence-electron chi connectivity index (χ0n) is 12.2. The molecular weight excluding hydrogens is 240 g/mol. The molecule has 1 rings (SSSR count). The highest BCUT2D eigenvalue weighted by Crippen LogP contribution is 2.28. The number of hydrogen-bond donors (Lipinski definition) is 0. The Kier molecular flexibility index (Phi) is 6.62. The maximum atomic E-state index is 5.74. The summed E-state index contributed by atoms with van der Waals surface area (Å²) in [7, 11) is 0. The van der Waals surface area contributed by atoms with Gasteiger partial charge in [0.25, 0.3) is 0 Å². The molecule has 0 atom stereocenters. The summed E-state index contributed by atoms with van der Waals surface area (Å²) in [6, 6.07) is 8.58. The van der Waals surface area contributed by atoms with Crippen LogP contribution in [0.1, 0.15) is 46.1 Å². The predicted octanol–water partition coefficient (Wildman–Crippen LogP) is 4.90. The molecule has 0 saturated heterocycles. The van der Waals surface area contributed by atoms with Gasteiger partial charge in [-0.2, -0.15) is 11.8 Å². The number of thioether (sulfide) groups is 1. The smallest absolute Gasteiger partial charge is 0.119 e. The molecule has 0 amide bonds. The van der Waals surface area contributed by atoms with Crippen molar-refractivity contribution in [1.82, 2.24) is 0 Å². The third-order valence-corrected chi connectivity index (χ3v) is 4.41. The van der Waals surface area contributed by atoms with Crippen LogP contribution >= 0.6 is 11.8 Å². The third kappa shape index (κ3) is 4.93. The fourth-order valence-electron chi connectivity index (χ4n) is 1.70. The second kappa shape index (κ2) is 7.73. The summed E-state index contributed by atoms with van der Waals surface area (Å²) in [6.45, 7) is 9.81. The molecule has 0 aromatic heterocycles. The van der Waals surface area contributed by atoms with E-state index in [0.29, 0.717) is 0 Å². The van der Waals surface area contributed by atoms with Gasteiger partial charge < -0.3 is 4.74 Å². The van der Waals surface area contributed by atoms with Crippen LogP contribution in [0, 0.1) is 0 Å². The van der Waals surface area contributed by atoms with Crippen LogP contribution in [0.4, 0.5) is 0 Å². The van der Waals surface area contributed by atoms with E-state index in [2.05, 4.69) is 52.0 Å². The molecule has 0 aliphatic rings. The van der Waals surface area contributed by atoms with Crippen LogP contribution in [0.25, 0.3) is 0 Å². The van der Waals surface area contributed by atoms with Crippen molar-refractivity contribution in [3.05, 3.63) is 29.8 Å². The number of hydrogen-bond acceptors (Lipinski definition) is 2. The SMILES string of the molecule is CCSCCCOc1ccc(C(C)(C)CC)cc1. The molecule has 1 aromatic carbocycles. The van der Waals surface area contributed by atoms with Gasteiger partial charge in [-0.15, -0.1) is 0 Å². The van der Waals surface area contributed by atoms with Crippen molar-refractivity contribution in [2.45, 2.75) is 46.0 Å². The summed E-state index contributed by atoms with van der Waals surface area (Å²) in [6.07, 6.45) is 2.28. The van der Waals surface area contributed by atoms with E-state index in [1.54, 1.807) is 0 Å². The zero-order valence-corrected chi connectivity index (χ0v) is 13.0. The molecule has 0 N–H and O–H groups in total. The molecule has 1 nitrogen and oxygen atoms in total. The van der Waals surface area contributed by atoms with Crippen molar-refractivity contribution in [1.29, 1.82) is 0 Å². The molecule has 0 fully saturated rings. The molecule has 0 radical (unpaired) electrons. The van der Waals surface area contributed by atoms with Gasteiger partial charge in [0, 0.05) is 0 Å². The van der Waals surface area contributed by atoms with Crippen LogP contribution in [-0.4, -0.2) is 18.1 Å². The Labute approximate surface area is 116 Å². The lowest BCUT2D eigenvalue weighted by Gasteiger charge is -2.23. The quantitative estimate of drug-likeness (QED) is 0.619. The minimum atomic E-state index is 0.260. The summed E-state index contributed by atoms with van der Waals surface area (Å²) < 4.78 is 5.74. The molecule has 0 aliphatic heterocycles. The van der Waals surface area contributed by atoms with E-state index in [1.807, 2.05) is 11.8 Å². The van der Waals surface area contributed by atoms with E-state index in [1.165, 1.54) is 17.1 Å². The fraction of sp³-hybridized carbons (Fsp3) is 0.625. The van der Waals surface area contributed by atoms with Gasteiger partial charge in [0.2, 0.25) is 0 Å². The molecule has 2 heteroatoms. The van der Waals surface area contributed by atoms with Gasteiger partial charge in [-0.1, -0.05) is 39.8 Å². The lowest BCUT2D eigenvalue weighted by atomic mass is 9.82. The van der Waals surface area contributed by atoms with E-state index >= 15 is 0 Å². The van der Waals surface area contributed by atoms with E-state index in [0.717, 1.165) is 25.2 Å². The van der Waals surface area contributed by atoms with Crippen molar-refractivity contribution in [2.75, 3.05) is 18.1 Å². The Morgan fingerprint density at radius 3 is 2.33 bits per heavy atom. The Balaban J connectivity index is 2.41. The second-order valence-electron chi connectivity index (χ2n) is 5.16. The maximum absolute atomic E-state index is 5.74. The molecule has 0 saturated carbocycles. The fourth-order valence-corrected chi connectivity index (χ4v) is 2.31. The highest BCUT2D eigenvalue weighted by atomic mass is 32.2. The maximum Gasteiger partial charge on any atom is 0.119 e. The van der Waals surface area contributed by atoms with E-state index in [4.69, 9.17) is 4.74 Å². The van der Waals surface area contributed by atoms with Gasteiger partial charge in [0.05, 0.1) is 6.61 Å². The summed E-state index contributed by atoms with van der Waals surface area (Å²) >= 11 is 1.97. The van der Waals surface area contributed by atoms with Gasteiger partial charge in [-0.25, -0.2) is 0 Å². The highest BCUT2D eigenvalue weighted by molar-refractivity contribution is 7.99. The minimum Gasteiger partial charge on any atom is -0.494 e. The molecule has 102 valence electrons. The van der Waals surface area contributed by atoms with Crippen LogP contribution in [0.15, 0.2) is 24.3 Å². The van der Waals surface area contributed by atoms with E-state index < -0.39 is 0 Å². The Hall–Kier alpha value is -0.630. The molecule has 0 unspecified atom stereocenters. The summed E-state index contributed by atoms with van der Waals surface area (Å²) in [5.74, 6) is 3.38.